The van der Waals surface area contributed by atoms with E-state index in [1.807, 2.05) is 20.4 Å². The van der Waals surface area contributed by atoms with E-state index in [-0.39, 0.29) is 18.0 Å². The van der Waals surface area contributed by atoms with Crippen LogP contribution in [0.3, 0.4) is 0 Å². The lowest BCUT2D eigenvalue weighted by atomic mass is 10.0. The van der Waals surface area contributed by atoms with Gasteiger partial charge < -0.3 is 16.0 Å². The van der Waals surface area contributed by atoms with Crippen molar-refractivity contribution in [2.75, 3.05) is 32.6 Å². The van der Waals surface area contributed by atoms with E-state index in [0.29, 0.717) is 5.92 Å². The van der Waals surface area contributed by atoms with E-state index in [4.69, 9.17) is 5.73 Å². The van der Waals surface area contributed by atoms with Crippen LogP contribution in [-0.2, 0) is 4.79 Å². The van der Waals surface area contributed by atoms with Gasteiger partial charge in [-0.2, -0.15) is 11.8 Å². The second kappa shape index (κ2) is 9.64. The Hall–Kier alpha value is -0.260. The molecule has 0 aliphatic rings. The summed E-state index contributed by atoms with van der Waals surface area (Å²) < 4.78 is 0. The summed E-state index contributed by atoms with van der Waals surface area (Å²) in [5, 5.41) is 3.07. The molecule has 0 aromatic heterocycles. The monoisotopic (exact) mass is 275 g/mol. The first-order chi connectivity index (χ1) is 8.36. The van der Waals surface area contributed by atoms with E-state index in [9.17, 15) is 4.79 Å². The van der Waals surface area contributed by atoms with Crippen LogP contribution in [0.1, 0.15) is 26.7 Å². The Labute approximate surface area is 116 Å². The number of thioether (sulfide) groups is 1. The van der Waals surface area contributed by atoms with Crippen LogP contribution in [0.5, 0.6) is 0 Å². The Morgan fingerprint density at radius 2 is 2.00 bits per heavy atom. The second-order valence-corrected chi connectivity index (χ2v) is 6.47. The first kappa shape index (κ1) is 17.7. The number of nitrogens with one attached hydrogen (secondary N) is 1. The van der Waals surface area contributed by atoms with Crippen molar-refractivity contribution in [2.24, 2.45) is 11.7 Å². The van der Waals surface area contributed by atoms with Gasteiger partial charge in [0.05, 0.1) is 6.04 Å². The highest BCUT2D eigenvalue weighted by atomic mass is 32.2. The summed E-state index contributed by atoms with van der Waals surface area (Å²) >= 11 is 1.72. The van der Waals surface area contributed by atoms with Crippen LogP contribution in [0.15, 0.2) is 0 Å². The molecular formula is C13H29N3OS. The predicted molar refractivity (Wildman–Crippen MR) is 80.9 cm³/mol. The standard InChI is InChI=1S/C13H29N3OS/c1-10(2)8-11(9-16(3)4)15-13(17)12(14)6-7-18-5/h10-12H,6-9,14H2,1-5H3,(H,15,17)/t11?,12-/m0/s1. The number of carbonyl (C=O) groups is 1. The molecule has 108 valence electrons. The number of nitrogens with zero attached hydrogens (tertiary/aromatic N) is 1. The van der Waals surface area contributed by atoms with E-state index < -0.39 is 0 Å². The van der Waals surface area contributed by atoms with Gasteiger partial charge in [-0.1, -0.05) is 13.8 Å². The normalized spacial score (nSPS) is 14.9. The zero-order valence-electron chi connectivity index (χ0n) is 12.4. The Morgan fingerprint density at radius 3 is 2.44 bits per heavy atom. The molecule has 1 amide bonds. The van der Waals surface area contributed by atoms with Gasteiger partial charge in [0.25, 0.3) is 0 Å². The lowest BCUT2D eigenvalue weighted by Crippen LogP contribution is -2.49. The van der Waals surface area contributed by atoms with Crippen molar-refractivity contribution in [1.82, 2.24) is 10.2 Å². The van der Waals surface area contributed by atoms with Crippen molar-refractivity contribution in [3.05, 3.63) is 0 Å². The second-order valence-electron chi connectivity index (χ2n) is 5.49. The van der Waals surface area contributed by atoms with E-state index >= 15 is 0 Å². The summed E-state index contributed by atoms with van der Waals surface area (Å²) in [7, 11) is 4.04. The molecule has 18 heavy (non-hydrogen) atoms. The summed E-state index contributed by atoms with van der Waals surface area (Å²) in [6.45, 7) is 5.20. The molecule has 0 radical (unpaired) electrons. The minimum absolute atomic E-state index is 0.0171. The van der Waals surface area contributed by atoms with Crippen LogP contribution in [0.25, 0.3) is 0 Å². The fourth-order valence-corrected chi connectivity index (χ4v) is 2.36. The summed E-state index contributed by atoms with van der Waals surface area (Å²) in [6, 6.07) is -0.192. The molecule has 0 aliphatic heterocycles. The van der Waals surface area contributed by atoms with Gasteiger partial charge in [-0.05, 0) is 44.9 Å². The smallest absolute Gasteiger partial charge is 0.237 e. The number of likely N-dealkylation sites (N-methyl/N-ethyl adjacent to an activating group) is 1. The molecule has 3 N–H and O–H groups in total. The van der Waals surface area contributed by atoms with Gasteiger partial charge in [0.2, 0.25) is 5.91 Å². The van der Waals surface area contributed by atoms with Crippen LogP contribution in [0.2, 0.25) is 0 Å². The predicted octanol–water partition coefficient (Wildman–Crippen LogP) is 1.16. The highest BCUT2D eigenvalue weighted by Gasteiger charge is 2.19. The molecule has 5 heteroatoms. The van der Waals surface area contributed by atoms with Crippen LogP contribution >= 0.6 is 11.8 Å². The largest absolute Gasteiger partial charge is 0.351 e. The fraction of sp³-hybridized carbons (Fsp3) is 0.923. The van der Waals surface area contributed by atoms with E-state index in [0.717, 1.165) is 25.1 Å². The Kier molecular flexibility index (Phi) is 9.50. The van der Waals surface area contributed by atoms with Gasteiger partial charge in [-0.15, -0.1) is 0 Å². The number of amides is 1. The topological polar surface area (TPSA) is 58.4 Å². The third-order valence-corrected chi connectivity index (χ3v) is 3.30. The molecule has 0 spiro atoms. The molecule has 0 aromatic carbocycles. The summed E-state index contributed by atoms with van der Waals surface area (Å²) in [4.78, 5) is 14.1. The molecule has 0 heterocycles. The maximum absolute atomic E-state index is 12.0. The molecule has 1 unspecified atom stereocenters. The highest BCUT2D eigenvalue weighted by molar-refractivity contribution is 7.98. The molecule has 0 saturated carbocycles. The average molecular weight is 275 g/mol. The van der Waals surface area contributed by atoms with Gasteiger partial charge >= 0.3 is 0 Å². The van der Waals surface area contributed by atoms with Crippen LogP contribution in [0.4, 0.5) is 0 Å². The van der Waals surface area contributed by atoms with Gasteiger partial charge in [0.1, 0.15) is 0 Å². The minimum atomic E-state index is -0.380. The van der Waals surface area contributed by atoms with Crippen molar-refractivity contribution in [2.45, 2.75) is 38.8 Å². The molecule has 0 fully saturated rings. The summed E-state index contributed by atoms with van der Waals surface area (Å²) in [6.07, 6.45) is 3.75. The van der Waals surface area contributed by atoms with E-state index in [1.165, 1.54) is 0 Å². The molecule has 0 aliphatic carbocycles. The van der Waals surface area contributed by atoms with Crippen molar-refractivity contribution in [3.8, 4) is 0 Å². The molecule has 0 rings (SSSR count). The SMILES string of the molecule is CSCC[C@H](N)C(=O)NC(CC(C)C)CN(C)C. The highest BCUT2D eigenvalue weighted by Crippen LogP contribution is 2.06. The van der Waals surface area contributed by atoms with Crippen molar-refractivity contribution in [1.29, 1.82) is 0 Å². The zero-order valence-corrected chi connectivity index (χ0v) is 13.2. The van der Waals surface area contributed by atoms with Crippen LogP contribution < -0.4 is 11.1 Å². The first-order valence-electron chi connectivity index (χ1n) is 6.56. The van der Waals surface area contributed by atoms with Gasteiger partial charge in [0.15, 0.2) is 0 Å². The molecule has 2 atom stereocenters. The molecular weight excluding hydrogens is 246 g/mol. The van der Waals surface area contributed by atoms with Gasteiger partial charge in [-0.3, -0.25) is 4.79 Å². The van der Waals surface area contributed by atoms with Crippen molar-refractivity contribution >= 4 is 17.7 Å². The van der Waals surface area contributed by atoms with E-state index in [2.05, 4.69) is 24.1 Å². The number of carbonyl (C=O) groups excluding carboxylic acids is 1. The number of hydrogen-bond acceptors (Lipinski definition) is 4. The minimum Gasteiger partial charge on any atom is -0.351 e. The van der Waals surface area contributed by atoms with E-state index in [1.54, 1.807) is 11.8 Å². The van der Waals surface area contributed by atoms with Crippen LogP contribution in [-0.4, -0.2) is 55.5 Å². The number of rotatable bonds is 9. The quantitative estimate of drug-likeness (QED) is 0.663. The number of nitrogens with two attached hydrogens (primary N) is 1. The average Bonchev–Trinajstić information content (AvgIpc) is 2.23. The summed E-state index contributed by atoms with van der Waals surface area (Å²) in [5.41, 5.74) is 5.87. The molecule has 0 saturated heterocycles. The van der Waals surface area contributed by atoms with Crippen LogP contribution in [0, 0.1) is 5.92 Å². The Morgan fingerprint density at radius 1 is 1.39 bits per heavy atom. The summed E-state index contributed by atoms with van der Waals surface area (Å²) in [5.74, 6) is 1.48. The zero-order chi connectivity index (χ0) is 14.1. The lowest BCUT2D eigenvalue weighted by molar-refractivity contribution is -0.123. The van der Waals surface area contributed by atoms with Gasteiger partial charge in [0, 0.05) is 12.6 Å². The third-order valence-electron chi connectivity index (χ3n) is 2.66. The maximum Gasteiger partial charge on any atom is 0.237 e. The van der Waals surface area contributed by atoms with Crippen molar-refractivity contribution in [3.63, 3.8) is 0 Å². The Bertz CT molecular complexity index is 224. The fourth-order valence-electron chi connectivity index (χ4n) is 1.87. The van der Waals surface area contributed by atoms with Gasteiger partial charge in [-0.25, -0.2) is 0 Å². The Balaban J connectivity index is 4.24. The van der Waals surface area contributed by atoms with Crippen molar-refractivity contribution < 1.29 is 4.79 Å². The first-order valence-corrected chi connectivity index (χ1v) is 7.95. The molecule has 4 nitrogen and oxygen atoms in total. The molecule has 0 bridgehead atoms. The maximum atomic E-state index is 12.0. The number of hydrogen-bond donors (Lipinski definition) is 2. The third kappa shape index (κ3) is 8.78. The lowest BCUT2D eigenvalue weighted by Gasteiger charge is -2.25. The molecule has 0 aromatic rings.